The van der Waals surface area contributed by atoms with Crippen LogP contribution in [0.4, 0.5) is 5.69 Å². The highest BCUT2D eigenvalue weighted by Gasteiger charge is 2.32. The summed E-state index contributed by atoms with van der Waals surface area (Å²) in [4.78, 5) is 4.54. The van der Waals surface area contributed by atoms with E-state index in [9.17, 15) is 0 Å². The van der Waals surface area contributed by atoms with Crippen LogP contribution in [0.1, 0.15) is 11.1 Å². The van der Waals surface area contributed by atoms with E-state index in [0.717, 1.165) is 29.1 Å². The lowest BCUT2D eigenvalue weighted by atomic mass is 10.0. The Labute approximate surface area is 155 Å². The van der Waals surface area contributed by atoms with Crippen LogP contribution in [0.2, 0.25) is 0 Å². The summed E-state index contributed by atoms with van der Waals surface area (Å²) < 4.78 is 6.79. The van der Waals surface area contributed by atoms with E-state index < -0.39 is 0 Å². The van der Waals surface area contributed by atoms with E-state index in [-0.39, 0.29) is 6.04 Å². The fourth-order valence-corrected chi connectivity index (χ4v) is 4.59. The summed E-state index contributed by atoms with van der Waals surface area (Å²) in [6.07, 6.45) is 3.12. The summed E-state index contributed by atoms with van der Waals surface area (Å²) in [5, 5.41) is 5.32. The fraction of sp³-hybridized carbons (Fsp3) is 0.150. The van der Waals surface area contributed by atoms with Crippen LogP contribution >= 0.6 is 11.3 Å². The molecule has 0 amide bonds. The molecule has 0 fully saturated rings. The quantitative estimate of drug-likeness (QED) is 0.747. The SMILES string of the molecule is COc1cccc2c1N=C(N)N1NC(Cc3cccc4ccsc34)C=C21. The van der Waals surface area contributed by atoms with Gasteiger partial charge in [0.25, 0.3) is 0 Å². The molecule has 0 saturated carbocycles. The van der Waals surface area contributed by atoms with Crippen molar-refractivity contribution in [3.8, 4) is 5.75 Å². The Kier molecular flexibility index (Phi) is 3.48. The predicted octanol–water partition coefficient (Wildman–Crippen LogP) is 3.64. The number of hydrazine groups is 1. The van der Waals surface area contributed by atoms with E-state index in [4.69, 9.17) is 10.5 Å². The third-order valence-electron chi connectivity index (χ3n) is 4.85. The van der Waals surface area contributed by atoms with Crippen LogP contribution in [0.3, 0.4) is 0 Å². The Bertz CT molecular complexity index is 1070. The Morgan fingerprint density at radius 1 is 1.23 bits per heavy atom. The van der Waals surface area contributed by atoms with Gasteiger partial charge in [0.1, 0.15) is 11.4 Å². The maximum absolute atomic E-state index is 6.21. The zero-order valence-electron chi connectivity index (χ0n) is 14.3. The number of thiophene rings is 1. The molecule has 0 radical (unpaired) electrons. The van der Waals surface area contributed by atoms with Crippen LogP contribution in [0.15, 0.2) is 58.9 Å². The maximum Gasteiger partial charge on any atom is 0.216 e. The van der Waals surface area contributed by atoms with E-state index in [1.54, 1.807) is 18.4 Å². The molecule has 0 aliphatic carbocycles. The van der Waals surface area contributed by atoms with Crippen molar-refractivity contribution < 1.29 is 4.74 Å². The number of ether oxygens (including phenoxy) is 1. The molecule has 2 aromatic carbocycles. The van der Waals surface area contributed by atoms with Gasteiger partial charge in [0.05, 0.1) is 18.8 Å². The number of fused-ring (bicyclic) bond motifs is 4. The average molecular weight is 362 g/mol. The highest BCUT2D eigenvalue weighted by atomic mass is 32.1. The Morgan fingerprint density at radius 2 is 2.12 bits per heavy atom. The Balaban J connectivity index is 1.53. The van der Waals surface area contributed by atoms with E-state index in [1.165, 1.54) is 15.6 Å². The first-order valence-corrected chi connectivity index (χ1v) is 9.37. The van der Waals surface area contributed by atoms with Crippen molar-refractivity contribution in [3.63, 3.8) is 0 Å². The van der Waals surface area contributed by atoms with E-state index in [1.807, 2.05) is 17.1 Å². The second-order valence-electron chi connectivity index (χ2n) is 6.41. The van der Waals surface area contributed by atoms with Gasteiger partial charge in [0, 0.05) is 10.3 Å². The molecule has 1 unspecified atom stereocenters. The zero-order valence-corrected chi connectivity index (χ0v) is 15.1. The lowest BCUT2D eigenvalue weighted by molar-refractivity contribution is 0.402. The number of aliphatic imine (C=N–C) groups is 1. The smallest absolute Gasteiger partial charge is 0.216 e. The van der Waals surface area contributed by atoms with Crippen LogP contribution < -0.4 is 15.9 Å². The summed E-state index contributed by atoms with van der Waals surface area (Å²) in [7, 11) is 1.65. The van der Waals surface area contributed by atoms with Gasteiger partial charge in [0.2, 0.25) is 5.96 Å². The topological polar surface area (TPSA) is 62.9 Å². The van der Waals surface area contributed by atoms with E-state index >= 15 is 0 Å². The van der Waals surface area contributed by atoms with Crippen molar-refractivity contribution >= 4 is 38.8 Å². The van der Waals surface area contributed by atoms with Gasteiger partial charge < -0.3 is 10.5 Å². The summed E-state index contributed by atoms with van der Waals surface area (Å²) in [5.41, 5.74) is 13.9. The number of rotatable bonds is 3. The normalized spacial score (nSPS) is 18.3. The number of para-hydroxylation sites is 1. The van der Waals surface area contributed by atoms with Crippen LogP contribution in [0, 0.1) is 0 Å². The fourth-order valence-electron chi connectivity index (χ4n) is 3.67. The van der Waals surface area contributed by atoms with Gasteiger partial charge >= 0.3 is 0 Å². The molecule has 6 heteroatoms. The molecule has 5 nitrogen and oxygen atoms in total. The Morgan fingerprint density at radius 3 is 3.00 bits per heavy atom. The number of methoxy groups -OCH3 is 1. The number of nitrogens with two attached hydrogens (primary N) is 1. The van der Waals surface area contributed by atoms with Gasteiger partial charge in [-0.1, -0.05) is 30.3 Å². The van der Waals surface area contributed by atoms with Crippen molar-refractivity contribution in [2.24, 2.45) is 10.7 Å². The third kappa shape index (κ3) is 2.30. The minimum absolute atomic E-state index is 0.156. The summed E-state index contributed by atoms with van der Waals surface area (Å²) in [6.45, 7) is 0. The molecule has 2 aliphatic rings. The van der Waals surface area contributed by atoms with E-state index in [0.29, 0.717) is 5.96 Å². The molecule has 3 heterocycles. The summed E-state index contributed by atoms with van der Waals surface area (Å²) in [5.74, 6) is 1.17. The Hall–Kier alpha value is -2.83. The monoisotopic (exact) mass is 362 g/mol. The molecule has 3 N–H and O–H groups in total. The van der Waals surface area contributed by atoms with Gasteiger partial charge in [-0.25, -0.2) is 15.4 Å². The van der Waals surface area contributed by atoms with E-state index in [2.05, 4.69) is 52.2 Å². The molecule has 26 heavy (non-hydrogen) atoms. The van der Waals surface area contributed by atoms with Crippen LogP contribution in [0.25, 0.3) is 15.8 Å². The molecule has 5 rings (SSSR count). The van der Waals surface area contributed by atoms with Crippen molar-refractivity contribution in [3.05, 3.63) is 65.0 Å². The minimum atomic E-state index is 0.156. The van der Waals surface area contributed by atoms with Gasteiger partial charge in [-0.3, -0.25) is 0 Å². The number of nitrogens with one attached hydrogen (secondary N) is 1. The van der Waals surface area contributed by atoms with Gasteiger partial charge in [-0.2, -0.15) is 0 Å². The molecular formula is C20H18N4OS. The van der Waals surface area contributed by atoms with Crippen LogP contribution in [-0.4, -0.2) is 24.1 Å². The minimum Gasteiger partial charge on any atom is -0.494 e. The highest BCUT2D eigenvalue weighted by molar-refractivity contribution is 7.17. The predicted molar refractivity (Wildman–Crippen MR) is 107 cm³/mol. The van der Waals surface area contributed by atoms with Gasteiger partial charge in [-0.15, -0.1) is 11.3 Å². The molecule has 130 valence electrons. The zero-order chi connectivity index (χ0) is 17.7. The first-order valence-electron chi connectivity index (χ1n) is 8.49. The van der Waals surface area contributed by atoms with Gasteiger partial charge in [-0.05, 0) is 41.0 Å². The van der Waals surface area contributed by atoms with Crippen molar-refractivity contribution in [1.29, 1.82) is 0 Å². The number of hydrogen-bond acceptors (Lipinski definition) is 6. The number of hydrogen-bond donors (Lipinski definition) is 2. The standard InChI is InChI=1S/C20H18N4OS/c1-25-17-7-3-6-15-16-11-14(23-24(16)20(21)22-18(15)17)10-13-5-2-4-12-8-9-26-19(12)13/h2-9,11,14,23H,10H2,1H3,(H2,21,22). The maximum atomic E-state index is 6.21. The average Bonchev–Trinajstić information content (AvgIpc) is 3.29. The van der Waals surface area contributed by atoms with Crippen LogP contribution in [0.5, 0.6) is 5.75 Å². The molecule has 1 atom stereocenters. The largest absolute Gasteiger partial charge is 0.494 e. The van der Waals surface area contributed by atoms with Crippen molar-refractivity contribution in [1.82, 2.24) is 10.4 Å². The second kappa shape index (κ2) is 5.86. The highest BCUT2D eigenvalue weighted by Crippen LogP contribution is 2.41. The van der Waals surface area contributed by atoms with Crippen molar-refractivity contribution in [2.45, 2.75) is 12.5 Å². The molecule has 3 aromatic rings. The third-order valence-corrected chi connectivity index (χ3v) is 5.85. The number of guanidine groups is 1. The number of benzene rings is 2. The lowest BCUT2D eigenvalue weighted by Gasteiger charge is -2.27. The van der Waals surface area contributed by atoms with Crippen LogP contribution in [-0.2, 0) is 6.42 Å². The molecule has 0 spiro atoms. The molecular weight excluding hydrogens is 344 g/mol. The first kappa shape index (κ1) is 15.4. The summed E-state index contributed by atoms with van der Waals surface area (Å²) >= 11 is 1.79. The first-order chi connectivity index (χ1) is 12.7. The molecule has 1 aromatic heterocycles. The molecule has 2 aliphatic heterocycles. The number of nitrogens with zero attached hydrogens (tertiary/aromatic N) is 2. The molecule has 0 bridgehead atoms. The van der Waals surface area contributed by atoms with Crippen molar-refractivity contribution in [2.75, 3.05) is 7.11 Å². The molecule has 0 saturated heterocycles. The van der Waals surface area contributed by atoms with Gasteiger partial charge in [0.15, 0.2) is 0 Å². The summed E-state index contributed by atoms with van der Waals surface area (Å²) in [6, 6.07) is 14.7. The lowest BCUT2D eigenvalue weighted by Crippen LogP contribution is -2.46. The second-order valence-corrected chi connectivity index (χ2v) is 7.33.